The standard InChI is InChI=1S/C18H18Cl3N3O5S/c19-12-5-3-11(10-4-6-13(24-18(22)26)15(21)14(10)20)16(25)17(12)30(27,28)23-8-9-2-1-7-29-9/h3-6,9,23,25H,1-2,7-8H2,(H3,22,24,26). The molecule has 0 aliphatic carbocycles. The SMILES string of the molecule is NC(=O)Nc1ccc(-c2ccc(Cl)c(S(=O)(=O)NCC3CCCO3)c2O)c(Cl)c1Cl. The van der Waals surface area contributed by atoms with Crippen molar-refractivity contribution in [1.29, 1.82) is 0 Å². The highest BCUT2D eigenvalue weighted by atomic mass is 35.5. The van der Waals surface area contributed by atoms with Gasteiger partial charge in [-0.2, -0.15) is 0 Å². The molecule has 0 saturated carbocycles. The van der Waals surface area contributed by atoms with Gasteiger partial charge in [0.1, 0.15) is 10.6 Å². The normalized spacial score (nSPS) is 16.6. The number of primary amides is 1. The number of benzene rings is 2. The molecule has 30 heavy (non-hydrogen) atoms. The summed E-state index contributed by atoms with van der Waals surface area (Å²) in [7, 11) is -4.15. The van der Waals surface area contributed by atoms with Crippen LogP contribution in [0, 0.1) is 0 Å². The largest absolute Gasteiger partial charge is 0.506 e. The number of nitrogens with one attached hydrogen (secondary N) is 2. The summed E-state index contributed by atoms with van der Waals surface area (Å²) in [5.41, 5.74) is 5.58. The summed E-state index contributed by atoms with van der Waals surface area (Å²) >= 11 is 18.6. The maximum atomic E-state index is 12.8. The van der Waals surface area contributed by atoms with Crippen LogP contribution in [0.4, 0.5) is 10.5 Å². The predicted molar refractivity (Wildman–Crippen MR) is 116 cm³/mol. The van der Waals surface area contributed by atoms with Gasteiger partial charge in [0.05, 0.1) is 26.9 Å². The quantitative estimate of drug-likeness (QED) is 0.483. The highest BCUT2D eigenvalue weighted by Crippen LogP contribution is 2.44. The first-order valence-electron chi connectivity index (χ1n) is 8.79. The Morgan fingerprint density at radius 2 is 1.87 bits per heavy atom. The van der Waals surface area contributed by atoms with Crippen LogP contribution < -0.4 is 15.8 Å². The molecule has 2 aromatic rings. The molecule has 3 rings (SSSR count). The molecule has 1 unspecified atom stereocenters. The van der Waals surface area contributed by atoms with E-state index in [0.29, 0.717) is 6.61 Å². The average molecular weight is 495 g/mol. The molecular formula is C18H18Cl3N3O5S. The van der Waals surface area contributed by atoms with Crippen molar-refractivity contribution >= 4 is 56.5 Å². The molecule has 1 saturated heterocycles. The van der Waals surface area contributed by atoms with E-state index in [1.165, 1.54) is 24.3 Å². The fourth-order valence-corrected chi connectivity index (χ4v) is 5.26. The number of rotatable bonds is 6. The highest BCUT2D eigenvalue weighted by Gasteiger charge is 2.28. The van der Waals surface area contributed by atoms with E-state index in [1.807, 2.05) is 0 Å². The average Bonchev–Trinajstić information content (AvgIpc) is 3.18. The Bertz CT molecular complexity index is 1090. The topological polar surface area (TPSA) is 131 Å². The lowest BCUT2D eigenvalue weighted by Crippen LogP contribution is -2.32. The summed E-state index contributed by atoms with van der Waals surface area (Å²) in [6, 6.07) is 4.79. The third-order valence-corrected chi connectivity index (χ3v) is 7.31. The number of nitrogens with two attached hydrogens (primary N) is 1. The van der Waals surface area contributed by atoms with Crippen LogP contribution in [-0.2, 0) is 14.8 Å². The zero-order valence-corrected chi connectivity index (χ0v) is 18.5. The molecule has 0 aromatic heterocycles. The van der Waals surface area contributed by atoms with E-state index in [-0.39, 0.29) is 44.5 Å². The van der Waals surface area contributed by atoms with Gasteiger partial charge in [0.2, 0.25) is 10.0 Å². The third-order valence-electron chi connectivity index (χ3n) is 4.51. The third kappa shape index (κ3) is 4.77. The molecule has 1 atom stereocenters. The van der Waals surface area contributed by atoms with Crippen molar-refractivity contribution in [3.8, 4) is 16.9 Å². The molecule has 1 aliphatic rings. The van der Waals surface area contributed by atoms with Crippen LogP contribution in [0.1, 0.15) is 12.8 Å². The lowest BCUT2D eigenvalue weighted by atomic mass is 10.0. The number of amides is 2. The summed E-state index contributed by atoms with van der Waals surface area (Å²) in [4.78, 5) is 10.6. The second kappa shape index (κ2) is 9.17. The molecule has 2 amide bonds. The summed E-state index contributed by atoms with van der Waals surface area (Å²) in [5, 5.41) is 12.9. The lowest BCUT2D eigenvalue weighted by molar-refractivity contribution is 0.114. The first kappa shape index (κ1) is 22.9. The van der Waals surface area contributed by atoms with Gasteiger partial charge in [-0.05, 0) is 31.0 Å². The fourth-order valence-electron chi connectivity index (χ4n) is 3.09. The van der Waals surface area contributed by atoms with Crippen molar-refractivity contribution in [1.82, 2.24) is 4.72 Å². The fraction of sp³-hybridized carbons (Fsp3) is 0.278. The lowest BCUT2D eigenvalue weighted by Gasteiger charge is -2.16. The van der Waals surface area contributed by atoms with Crippen molar-refractivity contribution in [2.24, 2.45) is 5.73 Å². The molecule has 0 bridgehead atoms. The first-order valence-corrected chi connectivity index (χ1v) is 11.4. The molecular weight excluding hydrogens is 477 g/mol. The maximum Gasteiger partial charge on any atom is 0.316 e. The van der Waals surface area contributed by atoms with Gasteiger partial charge in [-0.25, -0.2) is 17.9 Å². The van der Waals surface area contributed by atoms with Crippen LogP contribution in [0.5, 0.6) is 5.75 Å². The van der Waals surface area contributed by atoms with Crippen molar-refractivity contribution < 1.29 is 23.1 Å². The Labute approximate surface area is 188 Å². The van der Waals surface area contributed by atoms with Crippen molar-refractivity contribution in [3.05, 3.63) is 39.3 Å². The smallest absolute Gasteiger partial charge is 0.316 e. The second-order valence-electron chi connectivity index (χ2n) is 6.54. The Kier molecular flexibility index (Phi) is 7.01. The van der Waals surface area contributed by atoms with Crippen LogP contribution in [0.2, 0.25) is 15.1 Å². The van der Waals surface area contributed by atoms with Crippen molar-refractivity contribution in [2.45, 2.75) is 23.8 Å². The number of carbonyl (C=O) groups excluding carboxylic acids is 1. The van der Waals surface area contributed by atoms with Crippen molar-refractivity contribution in [2.75, 3.05) is 18.5 Å². The monoisotopic (exact) mass is 493 g/mol. The molecule has 12 heteroatoms. The minimum atomic E-state index is -4.15. The molecule has 0 spiro atoms. The van der Waals surface area contributed by atoms with Gasteiger partial charge < -0.3 is 20.9 Å². The van der Waals surface area contributed by atoms with E-state index in [4.69, 9.17) is 45.3 Å². The summed E-state index contributed by atoms with van der Waals surface area (Å²) in [5.74, 6) is -0.587. The summed E-state index contributed by atoms with van der Waals surface area (Å²) in [6.45, 7) is 0.635. The van der Waals surface area contributed by atoms with Crippen LogP contribution in [0.25, 0.3) is 11.1 Å². The Morgan fingerprint density at radius 1 is 1.17 bits per heavy atom. The molecule has 5 N–H and O–H groups in total. The van der Waals surface area contributed by atoms with Crippen LogP contribution >= 0.6 is 34.8 Å². The molecule has 1 fully saturated rings. The van der Waals surface area contributed by atoms with Gasteiger partial charge in [-0.15, -0.1) is 0 Å². The van der Waals surface area contributed by atoms with E-state index in [1.54, 1.807) is 0 Å². The molecule has 1 aliphatic heterocycles. The van der Waals surface area contributed by atoms with Gasteiger partial charge in [0.15, 0.2) is 0 Å². The zero-order valence-electron chi connectivity index (χ0n) is 15.4. The zero-order chi connectivity index (χ0) is 22.1. The van der Waals surface area contributed by atoms with Gasteiger partial charge in [-0.1, -0.05) is 40.9 Å². The molecule has 8 nitrogen and oxygen atoms in total. The molecule has 1 heterocycles. The van der Waals surface area contributed by atoms with E-state index in [2.05, 4.69) is 10.0 Å². The van der Waals surface area contributed by atoms with E-state index in [0.717, 1.165) is 12.8 Å². The van der Waals surface area contributed by atoms with Crippen LogP contribution in [0.15, 0.2) is 29.2 Å². The molecule has 162 valence electrons. The highest BCUT2D eigenvalue weighted by molar-refractivity contribution is 7.89. The number of phenols is 1. The van der Waals surface area contributed by atoms with E-state index >= 15 is 0 Å². The number of hydrogen-bond donors (Lipinski definition) is 4. The number of hydrogen-bond acceptors (Lipinski definition) is 5. The van der Waals surface area contributed by atoms with Gasteiger partial charge in [0.25, 0.3) is 0 Å². The predicted octanol–water partition coefficient (Wildman–Crippen LogP) is 3.97. The number of phenolic OH excluding ortho intramolecular Hbond substituents is 1. The van der Waals surface area contributed by atoms with Crippen molar-refractivity contribution in [3.63, 3.8) is 0 Å². The first-order chi connectivity index (χ1) is 14.1. The number of sulfonamides is 1. The Balaban J connectivity index is 2.00. The summed E-state index contributed by atoms with van der Waals surface area (Å²) in [6.07, 6.45) is 1.36. The minimum Gasteiger partial charge on any atom is -0.506 e. The molecule has 2 aromatic carbocycles. The van der Waals surface area contributed by atoms with Gasteiger partial charge in [0, 0.05) is 24.3 Å². The van der Waals surface area contributed by atoms with Crippen LogP contribution in [0.3, 0.4) is 0 Å². The number of halogens is 3. The number of anilines is 1. The second-order valence-corrected chi connectivity index (χ2v) is 9.40. The summed E-state index contributed by atoms with van der Waals surface area (Å²) < 4.78 is 33.4. The molecule has 0 radical (unpaired) electrons. The maximum absolute atomic E-state index is 12.8. The van der Waals surface area contributed by atoms with Gasteiger partial charge in [-0.3, -0.25) is 0 Å². The number of urea groups is 1. The number of aromatic hydroxyl groups is 1. The Morgan fingerprint density at radius 3 is 2.50 bits per heavy atom. The van der Waals surface area contributed by atoms with E-state index < -0.39 is 26.7 Å². The minimum absolute atomic E-state index is 0.0174. The van der Waals surface area contributed by atoms with Crippen LogP contribution in [-0.4, -0.2) is 38.8 Å². The number of carbonyl (C=O) groups is 1. The Hall–Kier alpha value is -1.75. The number of ether oxygens (including phenoxy) is 1. The van der Waals surface area contributed by atoms with Gasteiger partial charge >= 0.3 is 6.03 Å². The van der Waals surface area contributed by atoms with E-state index in [9.17, 15) is 18.3 Å².